The number of hydrogen-bond donors (Lipinski definition) is 0. The van der Waals surface area contributed by atoms with Gasteiger partial charge in [0.05, 0.1) is 0 Å². The third-order valence-electron chi connectivity index (χ3n) is 10.8. The number of anilines is 9. The fraction of sp³-hybridized carbons (Fsp3) is 0. The van der Waals surface area contributed by atoms with E-state index in [9.17, 15) is 0 Å². The van der Waals surface area contributed by atoms with Gasteiger partial charge in [0.2, 0.25) is 0 Å². The van der Waals surface area contributed by atoms with E-state index in [-0.39, 0.29) is 0 Å². The zero-order valence-electron chi connectivity index (χ0n) is 34.4. The first-order valence-corrected chi connectivity index (χ1v) is 21.0. The predicted molar refractivity (Wildman–Crippen MR) is 260 cm³/mol. The molecule has 6 heteroatoms. The van der Waals surface area contributed by atoms with Gasteiger partial charge in [-0.3, -0.25) is 0 Å². The van der Waals surface area contributed by atoms with Crippen molar-refractivity contribution >= 4 is 51.2 Å². The number of nitrogens with zero attached hydrogens (tertiary/aromatic N) is 6. The molecule has 0 saturated carbocycles. The number of aromatic nitrogens is 3. The van der Waals surface area contributed by atoms with E-state index in [0.717, 1.165) is 67.9 Å². The van der Waals surface area contributed by atoms with E-state index in [0.29, 0.717) is 17.5 Å². The second-order valence-corrected chi connectivity index (χ2v) is 15.0. The van der Waals surface area contributed by atoms with Gasteiger partial charge in [0.15, 0.2) is 17.5 Å². The molecule has 0 aliphatic rings. The Morgan fingerprint density at radius 2 is 0.381 bits per heavy atom. The molecular formula is C57H42N6. The van der Waals surface area contributed by atoms with Crippen LogP contribution in [0.1, 0.15) is 0 Å². The Bertz CT molecular complexity index is 2590. The van der Waals surface area contributed by atoms with Crippen LogP contribution in [0, 0.1) is 0 Å². The largest absolute Gasteiger partial charge is 0.310 e. The van der Waals surface area contributed by atoms with Crippen LogP contribution in [0.5, 0.6) is 0 Å². The second-order valence-electron chi connectivity index (χ2n) is 15.0. The molecule has 10 rings (SSSR count). The predicted octanol–water partition coefficient (Wildman–Crippen LogP) is 15.3. The fourth-order valence-electron chi connectivity index (χ4n) is 7.92. The molecule has 1 heterocycles. The van der Waals surface area contributed by atoms with Gasteiger partial charge in [-0.15, -0.1) is 0 Å². The summed E-state index contributed by atoms with van der Waals surface area (Å²) >= 11 is 0. The lowest BCUT2D eigenvalue weighted by atomic mass is 10.1. The lowest BCUT2D eigenvalue weighted by Gasteiger charge is -2.26. The van der Waals surface area contributed by atoms with Gasteiger partial charge in [0.1, 0.15) is 0 Å². The minimum atomic E-state index is 0.569. The monoisotopic (exact) mass is 810 g/mol. The quantitative estimate of drug-likeness (QED) is 0.122. The Morgan fingerprint density at radius 1 is 0.190 bits per heavy atom. The fourth-order valence-corrected chi connectivity index (χ4v) is 7.92. The number of para-hydroxylation sites is 6. The van der Waals surface area contributed by atoms with Crippen molar-refractivity contribution in [1.82, 2.24) is 15.0 Å². The van der Waals surface area contributed by atoms with E-state index in [2.05, 4.69) is 233 Å². The van der Waals surface area contributed by atoms with Crippen molar-refractivity contribution in [2.45, 2.75) is 0 Å². The molecule has 0 saturated heterocycles. The molecule has 10 aromatic rings. The minimum absolute atomic E-state index is 0.569. The van der Waals surface area contributed by atoms with Gasteiger partial charge >= 0.3 is 0 Å². The van der Waals surface area contributed by atoms with Crippen molar-refractivity contribution < 1.29 is 0 Å². The summed E-state index contributed by atoms with van der Waals surface area (Å²) < 4.78 is 0. The summed E-state index contributed by atoms with van der Waals surface area (Å²) in [5, 5.41) is 0. The summed E-state index contributed by atoms with van der Waals surface area (Å²) in [4.78, 5) is 22.6. The highest BCUT2D eigenvalue weighted by molar-refractivity contribution is 5.83. The average Bonchev–Trinajstić information content (AvgIpc) is 3.36. The second kappa shape index (κ2) is 17.9. The van der Waals surface area contributed by atoms with E-state index in [4.69, 9.17) is 15.0 Å². The van der Waals surface area contributed by atoms with Gasteiger partial charge in [0.25, 0.3) is 0 Å². The smallest absolute Gasteiger partial charge is 0.164 e. The van der Waals surface area contributed by atoms with Gasteiger partial charge in [-0.2, -0.15) is 0 Å². The molecule has 6 nitrogen and oxygen atoms in total. The zero-order valence-corrected chi connectivity index (χ0v) is 34.4. The molecule has 0 N–H and O–H groups in total. The molecule has 0 amide bonds. The highest BCUT2D eigenvalue weighted by Gasteiger charge is 2.20. The van der Waals surface area contributed by atoms with Crippen LogP contribution in [-0.4, -0.2) is 15.0 Å². The third kappa shape index (κ3) is 8.42. The highest BCUT2D eigenvalue weighted by atomic mass is 15.2. The summed E-state index contributed by atoms with van der Waals surface area (Å²) in [7, 11) is 0. The van der Waals surface area contributed by atoms with Gasteiger partial charge in [-0.1, -0.05) is 146 Å². The Morgan fingerprint density at radius 3 is 0.587 bits per heavy atom. The van der Waals surface area contributed by atoms with E-state index in [1.54, 1.807) is 0 Å². The maximum atomic E-state index is 5.27. The van der Waals surface area contributed by atoms with Crippen LogP contribution in [0.25, 0.3) is 34.2 Å². The summed E-state index contributed by atoms with van der Waals surface area (Å²) in [6.45, 7) is 0. The van der Waals surface area contributed by atoms with E-state index < -0.39 is 0 Å². The molecule has 0 unspecified atom stereocenters. The zero-order chi connectivity index (χ0) is 42.2. The van der Waals surface area contributed by atoms with Crippen LogP contribution >= 0.6 is 0 Å². The Balaban J connectivity index is 1.14. The first-order chi connectivity index (χ1) is 31.2. The Hall–Kier alpha value is -8.61. The van der Waals surface area contributed by atoms with Crippen LogP contribution in [0.15, 0.2) is 255 Å². The molecule has 0 atom stereocenters. The Labute approximate surface area is 368 Å². The van der Waals surface area contributed by atoms with Crippen molar-refractivity contribution in [1.29, 1.82) is 0 Å². The van der Waals surface area contributed by atoms with Gasteiger partial charge in [-0.05, 0) is 109 Å². The van der Waals surface area contributed by atoms with Crippen molar-refractivity contribution in [3.05, 3.63) is 255 Å². The number of benzene rings is 9. The van der Waals surface area contributed by atoms with Crippen LogP contribution in [-0.2, 0) is 0 Å². The highest BCUT2D eigenvalue weighted by Crippen LogP contribution is 2.40. The first-order valence-electron chi connectivity index (χ1n) is 21.0. The van der Waals surface area contributed by atoms with Crippen LogP contribution < -0.4 is 14.7 Å². The van der Waals surface area contributed by atoms with Gasteiger partial charge < -0.3 is 14.7 Å². The van der Waals surface area contributed by atoms with Crippen molar-refractivity contribution in [2.24, 2.45) is 0 Å². The number of rotatable bonds is 12. The molecule has 9 aromatic carbocycles. The molecule has 0 fully saturated rings. The molecule has 0 aliphatic carbocycles. The van der Waals surface area contributed by atoms with E-state index in [1.165, 1.54) is 0 Å². The first kappa shape index (κ1) is 38.6. The summed E-state index contributed by atoms with van der Waals surface area (Å²) in [5.74, 6) is 1.71. The maximum absolute atomic E-state index is 5.27. The average molecular weight is 811 g/mol. The SMILES string of the molecule is c1ccc(N(c2ccccc2)c2cccc(-c3nc(-c4cccc(N(c5ccccc5)c5ccccc5)c4)nc(-c4cccc(N(c5ccccc5)c5ccccc5)c4)n3)c2)cc1. The third-order valence-corrected chi connectivity index (χ3v) is 10.8. The van der Waals surface area contributed by atoms with Crippen molar-refractivity contribution in [3.63, 3.8) is 0 Å². The van der Waals surface area contributed by atoms with Gasteiger partial charge in [-0.25, -0.2) is 15.0 Å². The summed E-state index contributed by atoms with van der Waals surface area (Å²) in [6.07, 6.45) is 0. The summed E-state index contributed by atoms with van der Waals surface area (Å²) in [6, 6.07) is 87.8. The van der Waals surface area contributed by atoms with Crippen molar-refractivity contribution in [2.75, 3.05) is 14.7 Å². The van der Waals surface area contributed by atoms with Crippen LogP contribution in [0.4, 0.5) is 51.2 Å². The molecule has 0 aliphatic heterocycles. The van der Waals surface area contributed by atoms with Gasteiger partial charge in [0, 0.05) is 67.9 Å². The van der Waals surface area contributed by atoms with E-state index >= 15 is 0 Å². The molecule has 0 spiro atoms. The van der Waals surface area contributed by atoms with Crippen molar-refractivity contribution in [3.8, 4) is 34.2 Å². The molecule has 63 heavy (non-hydrogen) atoms. The topological polar surface area (TPSA) is 48.4 Å². The lowest BCUT2D eigenvalue weighted by Crippen LogP contribution is -2.10. The molecule has 300 valence electrons. The standard InChI is InChI=1S/C57H42N6/c1-7-25-46(26-8-1)61(47-27-9-2-10-28-47)52-37-19-22-43(40-52)55-58-56(44-23-20-38-53(41-44)62(48-29-11-3-12-30-48)49-31-13-4-14-32-49)60-57(59-55)45-24-21-39-54(42-45)63(50-33-15-5-16-34-50)51-35-17-6-18-36-51/h1-42H. The van der Waals surface area contributed by atoms with E-state index in [1.807, 2.05) is 36.4 Å². The molecular weight excluding hydrogens is 769 g/mol. The van der Waals surface area contributed by atoms with Crippen LogP contribution in [0.2, 0.25) is 0 Å². The molecule has 0 radical (unpaired) electrons. The minimum Gasteiger partial charge on any atom is -0.310 e. The van der Waals surface area contributed by atoms with Crippen LogP contribution in [0.3, 0.4) is 0 Å². The number of hydrogen-bond acceptors (Lipinski definition) is 6. The molecule has 1 aromatic heterocycles. The molecule has 0 bridgehead atoms. The Kier molecular flexibility index (Phi) is 11.0. The normalized spacial score (nSPS) is 10.9. The summed E-state index contributed by atoms with van der Waals surface area (Å²) in [5.41, 5.74) is 11.9. The lowest BCUT2D eigenvalue weighted by molar-refractivity contribution is 1.07. The maximum Gasteiger partial charge on any atom is 0.164 e.